The van der Waals surface area contributed by atoms with Gasteiger partial charge in [-0.2, -0.15) is 0 Å². The maximum atomic E-state index is 10.6. The Morgan fingerprint density at radius 2 is 1.75 bits per heavy atom. The second-order valence-corrected chi connectivity index (χ2v) is 2.05. The Kier molecular flexibility index (Phi) is 9.06. The van der Waals surface area contributed by atoms with E-state index < -0.39 is 0 Å². The highest BCUT2D eigenvalue weighted by molar-refractivity contribution is 5.83. The number of likely N-dealkylation sites (N-methyl/N-ethyl adjacent to an activating group) is 2. The van der Waals surface area contributed by atoms with Crippen molar-refractivity contribution in [3.8, 4) is 0 Å². The van der Waals surface area contributed by atoms with Crippen LogP contribution in [0.3, 0.4) is 0 Å². The van der Waals surface area contributed by atoms with Gasteiger partial charge in [0.1, 0.15) is 0 Å². The van der Waals surface area contributed by atoms with Crippen molar-refractivity contribution in [1.82, 2.24) is 10.2 Å². The predicted octanol–water partition coefficient (Wildman–Crippen LogP) is 0.237. The third-order valence-electron chi connectivity index (χ3n) is 1.20. The summed E-state index contributed by atoms with van der Waals surface area (Å²) in [5, 5.41) is 2.42. The van der Waals surface area contributed by atoms with E-state index >= 15 is 0 Å². The molecule has 4 heteroatoms. The fourth-order valence-electron chi connectivity index (χ4n) is 0.406. The lowest BCUT2D eigenvalue weighted by atomic mass is 10.5. The Morgan fingerprint density at radius 1 is 1.33 bits per heavy atom. The summed E-state index contributed by atoms with van der Waals surface area (Å²) in [5.41, 5.74) is 0. The first-order chi connectivity index (χ1) is 5.57. The zero-order chi connectivity index (χ0) is 10.1. The van der Waals surface area contributed by atoms with Crippen LogP contribution in [0, 0.1) is 0 Å². The molecule has 0 aliphatic rings. The highest BCUT2D eigenvalue weighted by atomic mass is 16.2. The summed E-state index contributed by atoms with van der Waals surface area (Å²) in [6, 6.07) is 0. The van der Waals surface area contributed by atoms with Crippen LogP contribution in [0.1, 0.15) is 20.8 Å². The number of nitrogens with one attached hydrogen (secondary N) is 1. The number of rotatable bonds is 2. The van der Waals surface area contributed by atoms with Crippen molar-refractivity contribution in [2.75, 3.05) is 20.6 Å². The quantitative estimate of drug-likeness (QED) is 0.651. The van der Waals surface area contributed by atoms with Gasteiger partial charge in [-0.25, -0.2) is 0 Å². The number of amides is 2. The summed E-state index contributed by atoms with van der Waals surface area (Å²) in [4.78, 5) is 22.5. The molecule has 12 heavy (non-hydrogen) atoms. The second kappa shape index (κ2) is 8.04. The minimum atomic E-state index is -0.155. The Labute approximate surface area is 73.9 Å². The highest BCUT2D eigenvalue weighted by Crippen LogP contribution is 1.81. The van der Waals surface area contributed by atoms with Gasteiger partial charge in [0.25, 0.3) is 0 Å². The first kappa shape index (κ1) is 13.5. The van der Waals surface area contributed by atoms with E-state index in [0.29, 0.717) is 0 Å². The van der Waals surface area contributed by atoms with Crippen LogP contribution in [0.2, 0.25) is 0 Å². The third-order valence-corrected chi connectivity index (χ3v) is 1.20. The Balaban J connectivity index is 0. The van der Waals surface area contributed by atoms with Crippen molar-refractivity contribution in [3.63, 3.8) is 0 Å². The standard InChI is InChI=1S/C6H12N2O2.C2H6/c1-5(9)8(3)4-6(10)7-2;1-2/h4H2,1-3H3,(H,7,10);1-2H3. The van der Waals surface area contributed by atoms with E-state index in [-0.39, 0.29) is 18.4 Å². The monoisotopic (exact) mass is 174 g/mol. The predicted molar refractivity (Wildman–Crippen MR) is 48.7 cm³/mol. The van der Waals surface area contributed by atoms with Gasteiger partial charge in [-0.1, -0.05) is 13.8 Å². The molecule has 0 heterocycles. The molecule has 0 aromatic carbocycles. The van der Waals surface area contributed by atoms with E-state index in [2.05, 4.69) is 5.32 Å². The summed E-state index contributed by atoms with van der Waals surface area (Å²) >= 11 is 0. The molecule has 0 aromatic rings. The van der Waals surface area contributed by atoms with E-state index in [1.54, 1.807) is 7.05 Å². The van der Waals surface area contributed by atoms with Crippen LogP contribution in [0.4, 0.5) is 0 Å². The summed E-state index contributed by atoms with van der Waals surface area (Å²) in [6.07, 6.45) is 0. The normalized spacial score (nSPS) is 7.75. The van der Waals surface area contributed by atoms with Gasteiger partial charge in [0.05, 0.1) is 6.54 Å². The first-order valence-electron chi connectivity index (χ1n) is 4.00. The fourth-order valence-corrected chi connectivity index (χ4v) is 0.406. The number of nitrogens with zero attached hydrogens (tertiary/aromatic N) is 1. The van der Waals surface area contributed by atoms with E-state index in [4.69, 9.17) is 0 Å². The van der Waals surface area contributed by atoms with Gasteiger partial charge in [0.2, 0.25) is 11.8 Å². The minimum Gasteiger partial charge on any atom is -0.358 e. The molecule has 4 nitrogen and oxygen atoms in total. The third kappa shape index (κ3) is 7.05. The molecule has 0 fully saturated rings. The molecule has 0 saturated carbocycles. The van der Waals surface area contributed by atoms with Gasteiger partial charge >= 0.3 is 0 Å². The van der Waals surface area contributed by atoms with Gasteiger partial charge in [-0.05, 0) is 0 Å². The van der Waals surface area contributed by atoms with Crippen molar-refractivity contribution in [3.05, 3.63) is 0 Å². The number of hydrogen-bond acceptors (Lipinski definition) is 2. The lowest BCUT2D eigenvalue weighted by molar-refractivity contribution is -0.132. The molecular formula is C8H18N2O2. The first-order valence-corrected chi connectivity index (χ1v) is 4.00. The molecule has 0 unspecified atom stereocenters. The molecule has 0 spiro atoms. The molecule has 72 valence electrons. The zero-order valence-electron chi connectivity index (χ0n) is 8.47. The van der Waals surface area contributed by atoms with Crippen molar-refractivity contribution < 1.29 is 9.59 Å². The average molecular weight is 174 g/mol. The van der Waals surface area contributed by atoms with Gasteiger partial charge in [0, 0.05) is 21.0 Å². The van der Waals surface area contributed by atoms with Crippen LogP contribution in [0.5, 0.6) is 0 Å². The van der Waals surface area contributed by atoms with E-state index in [1.807, 2.05) is 13.8 Å². The molecule has 0 aliphatic heterocycles. The molecular weight excluding hydrogens is 156 g/mol. The van der Waals surface area contributed by atoms with Crippen LogP contribution in [-0.4, -0.2) is 37.4 Å². The van der Waals surface area contributed by atoms with Gasteiger partial charge in [0.15, 0.2) is 0 Å². The number of carbonyl (C=O) groups excluding carboxylic acids is 2. The molecule has 0 aromatic heterocycles. The number of hydrogen-bond donors (Lipinski definition) is 1. The summed E-state index contributed by atoms with van der Waals surface area (Å²) in [5.74, 6) is -0.263. The van der Waals surface area contributed by atoms with Crippen LogP contribution in [0.15, 0.2) is 0 Å². The molecule has 0 bridgehead atoms. The Hall–Kier alpha value is -1.06. The summed E-state index contributed by atoms with van der Waals surface area (Å²) in [6.45, 7) is 5.55. The zero-order valence-corrected chi connectivity index (χ0v) is 8.47. The summed E-state index contributed by atoms with van der Waals surface area (Å²) in [7, 11) is 3.12. The lowest BCUT2D eigenvalue weighted by Crippen LogP contribution is -2.35. The fraction of sp³-hybridized carbons (Fsp3) is 0.750. The van der Waals surface area contributed by atoms with Gasteiger partial charge < -0.3 is 10.2 Å². The van der Waals surface area contributed by atoms with Crippen LogP contribution >= 0.6 is 0 Å². The van der Waals surface area contributed by atoms with Crippen LogP contribution < -0.4 is 5.32 Å². The average Bonchev–Trinajstić information content (AvgIpc) is 2.07. The Morgan fingerprint density at radius 3 is 2.00 bits per heavy atom. The van der Waals surface area contributed by atoms with Gasteiger partial charge in [-0.3, -0.25) is 9.59 Å². The molecule has 0 saturated heterocycles. The largest absolute Gasteiger partial charge is 0.358 e. The molecule has 2 amide bonds. The van der Waals surface area contributed by atoms with Crippen molar-refractivity contribution in [2.45, 2.75) is 20.8 Å². The van der Waals surface area contributed by atoms with E-state index in [0.717, 1.165) is 0 Å². The molecule has 0 atom stereocenters. The van der Waals surface area contributed by atoms with Crippen LogP contribution in [0.25, 0.3) is 0 Å². The van der Waals surface area contributed by atoms with Crippen molar-refractivity contribution in [1.29, 1.82) is 0 Å². The molecule has 0 radical (unpaired) electrons. The Bertz CT molecular complexity index is 146. The maximum Gasteiger partial charge on any atom is 0.239 e. The second-order valence-electron chi connectivity index (χ2n) is 2.05. The number of carbonyl (C=O) groups is 2. The van der Waals surface area contributed by atoms with Crippen molar-refractivity contribution >= 4 is 11.8 Å². The van der Waals surface area contributed by atoms with Crippen molar-refractivity contribution in [2.24, 2.45) is 0 Å². The smallest absolute Gasteiger partial charge is 0.239 e. The molecule has 1 N–H and O–H groups in total. The topological polar surface area (TPSA) is 49.4 Å². The minimum absolute atomic E-state index is 0.108. The maximum absolute atomic E-state index is 10.6. The molecule has 0 aliphatic carbocycles. The lowest BCUT2D eigenvalue weighted by Gasteiger charge is -2.12. The van der Waals surface area contributed by atoms with Crippen LogP contribution in [-0.2, 0) is 9.59 Å². The SMILES string of the molecule is CC.CNC(=O)CN(C)C(C)=O. The summed E-state index contributed by atoms with van der Waals surface area (Å²) < 4.78 is 0. The van der Waals surface area contributed by atoms with E-state index in [9.17, 15) is 9.59 Å². The van der Waals surface area contributed by atoms with E-state index in [1.165, 1.54) is 18.9 Å². The highest BCUT2D eigenvalue weighted by Gasteiger charge is 2.05. The van der Waals surface area contributed by atoms with Gasteiger partial charge in [-0.15, -0.1) is 0 Å². The molecule has 0 rings (SSSR count).